The zero-order valence-electron chi connectivity index (χ0n) is 6.67. The van der Waals surface area contributed by atoms with Crippen molar-refractivity contribution >= 4 is 11.8 Å². The van der Waals surface area contributed by atoms with Crippen LogP contribution >= 0.6 is 0 Å². The molecule has 0 radical (unpaired) electrons. The Morgan fingerprint density at radius 1 is 1.85 bits per heavy atom. The van der Waals surface area contributed by atoms with E-state index in [0.717, 1.165) is 0 Å². The summed E-state index contributed by atoms with van der Waals surface area (Å²) in [6, 6.07) is 0. The first-order valence-corrected chi connectivity index (χ1v) is 3.80. The summed E-state index contributed by atoms with van der Waals surface area (Å²) in [4.78, 5) is 13.8. The Morgan fingerprint density at radius 2 is 2.62 bits per heavy atom. The van der Waals surface area contributed by atoms with E-state index < -0.39 is 11.0 Å². The molecule has 70 valence electrons. The van der Waals surface area contributed by atoms with Gasteiger partial charge in [0.15, 0.2) is 0 Å². The standard InChI is InChI=1S/C6H8N4O3/c11-4-1-7-6-8-2-5(10(12)13)9(6)3-4/h2,4,11H,1,3H2,(H,7,8). The van der Waals surface area contributed by atoms with Crippen LogP contribution in [0.1, 0.15) is 0 Å². The Morgan fingerprint density at radius 3 is 3.31 bits per heavy atom. The summed E-state index contributed by atoms with van der Waals surface area (Å²) < 4.78 is 1.36. The summed E-state index contributed by atoms with van der Waals surface area (Å²) in [6.45, 7) is 0.604. The predicted octanol–water partition coefficient (Wildman–Crippen LogP) is -0.422. The quantitative estimate of drug-likeness (QED) is 0.456. The summed E-state index contributed by atoms with van der Waals surface area (Å²) in [6.07, 6.45) is 0.584. The van der Waals surface area contributed by atoms with Crippen molar-refractivity contribution in [3.63, 3.8) is 0 Å². The zero-order chi connectivity index (χ0) is 9.42. The first-order chi connectivity index (χ1) is 6.18. The van der Waals surface area contributed by atoms with Gasteiger partial charge < -0.3 is 20.5 Å². The van der Waals surface area contributed by atoms with Crippen molar-refractivity contribution in [1.29, 1.82) is 0 Å². The van der Waals surface area contributed by atoms with E-state index >= 15 is 0 Å². The number of aromatic nitrogens is 2. The molecule has 0 aliphatic carbocycles. The molecule has 2 N–H and O–H groups in total. The van der Waals surface area contributed by atoms with Gasteiger partial charge in [-0.2, -0.15) is 9.55 Å². The van der Waals surface area contributed by atoms with E-state index in [0.29, 0.717) is 12.5 Å². The van der Waals surface area contributed by atoms with Crippen LogP contribution in [0.2, 0.25) is 0 Å². The van der Waals surface area contributed by atoms with Gasteiger partial charge in [-0.25, -0.2) is 0 Å². The average molecular weight is 184 g/mol. The topological polar surface area (TPSA) is 93.2 Å². The van der Waals surface area contributed by atoms with Gasteiger partial charge in [0.1, 0.15) is 18.8 Å². The van der Waals surface area contributed by atoms with Crippen LogP contribution in [0.25, 0.3) is 0 Å². The lowest BCUT2D eigenvalue weighted by atomic mass is 10.3. The number of rotatable bonds is 1. The molecule has 0 saturated carbocycles. The van der Waals surface area contributed by atoms with Gasteiger partial charge in [0.25, 0.3) is 5.95 Å². The molecule has 2 heterocycles. The fourth-order valence-corrected chi connectivity index (χ4v) is 1.32. The number of fused-ring (bicyclic) bond motifs is 1. The monoisotopic (exact) mass is 184 g/mol. The third-order valence-electron chi connectivity index (χ3n) is 1.91. The Balaban J connectivity index is 2.41. The maximum Gasteiger partial charge on any atom is 0.344 e. The van der Waals surface area contributed by atoms with Gasteiger partial charge in [0.05, 0.1) is 0 Å². The SMILES string of the molecule is O=[N+]([O-])c1cnc2n1CC(O)CN2. The van der Waals surface area contributed by atoms with Crippen molar-refractivity contribution in [1.82, 2.24) is 9.55 Å². The number of hydrogen-bond donors (Lipinski definition) is 2. The molecular weight excluding hydrogens is 176 g/mol. The molecule has 7 heteroatoms. The number of imidazole rings is 1. The number of aliphatic hydroxyl groups excluding tert-OH is 1. The minimum atomic E-state index is -0.597. The minimum absolute atomic E-state index is 0.0961. The summed E-state index contributed by atoms with van der Waals surface area (Å²) in [5.74, 6) is 0.346. The molecule has 7 nitrogen and oxygen atoms in total. The molecule has 1 unspecified atom stereocenters. The zero-order valence-corrected chi connectivity index (χ0v) is 6.67. The smallest absolute Gasteiger partial charge is 0.344 e. The molecule has 0 bridgehead atoms. The molecular formula is C6H8N4O3. The summed E-state index contributed by atoms with van der Waals surface area (Å²) in [5.41, 5.74) is 0. The van der Waals surface area contributed by atoms with Crippen molar-refractivity contribution in [3.8, 4) is 0 Å². The maximum absolute atomic E-state index is 10.5. The number of aliphatic hydroxyl groups is 1. The highest BCUT2D eigenvalue weighted by Gasteiger charge is 2.26. The van der Waals surface area contributed by atoms with Gasteiger partial charge in [-0.3, -0.25) is 0 Å². The van der Waals surface area contributed by atoms with Crippen molar-refractivity contribution < 1.29 is 10.0 Å². The Hall–Kier alpha value is -1.63. The van der Waals surface area contributed by atoms with Crippen LogP contribution in [0.15, 0.2) is 6.20 Å². The van der Waals surface area contributed by atoms with Crippen molar-refractivity contribution in [3.05, 3.63) is 16.3 Å². The second-order valence-corrected chi connectivity index (χ2v) is 2.84. The van der Waals surface area contributed by atoms with E-state index in [1.165, 1.54) is 10.8 Å². The predicted molar refractivity (Wildman–Crippen MR) is 43.4 cm³/mol. The fourth-order valence-electron chi connectivity index (χ4n) is 1.32. The molecule has 2 rings (SSSR count). The van der Waals surface area contributed by atoms with E-state index in [4.69, 9.17) is 0 Å². The van der Waals surface area contributed by atoms with E-state index in [9.17, 15) is 15.2 Å². The first-order valence-electron chi connectivity index (χ1n) is 3.80. The molecule has 1 aliphatic heterocycles. The molecule has 1 aromatic heterocycles. The molecule has 0 fully saturated rings. The highest BCUT2D eigenvalue weighted by atomic mass is 16.6. The summed E-state index contributed by atoms with van der Waals surface area (Å²) in [7, 11) is 0. The van der Waals surface area contributed by atoms with Gasteiger partial charge in [0, 0.05) is 6.54 Å². The maximum atomic E-state index is 10.5. The number of hydrogen-bond acceptors (Lipinski definition) is 5. The van der Waals surface area contributed by atoms with Crippen LogP contribution in [0, 0.1) is 10.1 Å². The molecule has 0 aromatic carbocycles. The Kier molecular flexibility index (Phi) is 1.66. The normalized spacial score (nSPS) is 20.5. The van der Waals surface area contributed by atoms with Gasteiger partial charge in [-0.1, -0.05) is 0 Å². The van der Waals surface area contributed by atoms with Gasteiger partial charge >= 0.3 is 5.82 Å². The molecule has 13 heavy (non-hydrogen) atoms. The second kappa shape index (κ2) is 2.70. The van der Waals surface area contributed by atoms with Gasteiger partial charge in [-0.05, 0) is 4.92 Å². The van der Waals surface area contributed by atoms with E-state index in [2.05, 4.69) is 10.3 Å². The molecule has 0 amide bonds. The Bertz CT molecular complexity index is 348. The van der Waals surface area contributed by atoms with Crippen LogP contribution in [0.5, 0.6) is 0 Å². The average Bonchev–Trinajstić information content (AvgIpc) is 2.46. The van der Waals surface area contributed by atoms with Crippen LogP contribution in [-0.4, -0.2) is 32.2 Å². The van der Waals surface area contributed by atoms with Crippen LogP contribution in [-0.2, 0) is 6.54 Å². The summed E-state index contributed by atoms with van der Waals surface area (Å²) >= 11 is 0. The van der Waals surface area contributed by atoms with Crippen LogP contribution < -0.4 is 5.32 Å². The number of β-amino-alcohol motifs (C(OH)–C–C–N with tert-alkyl or cyclic N) is 1. The highest BCUT2D eigenvalue weighted by molar-refractivity contribution is 5.37. The van der Waals surface area contributed by atoms with E-state index in [1.807, 2.05) is 0 Å². The Labute approximate surface area is 73.2 Å². The minimum Gasteiger partial charge on any atom is -0.387 e. The lowest BCUT2D eigenvalue weighted by Gasteiger charge is -2.16. The molecule has 0 spiro atoms. The third kappa shape index (κ3) is 1.22. The number of nitro groups is 1. The number of anilines is 1. The highest BCUT2D eigenvalue weighted by Crippen LogP contribution is 2.21. The molecule has 1 atom stereocenters. The van der Waals surface area contributed by atoms with Crippen molar-refractivity contribution in [2.75, 3.05) is 11.9 Å². The van der Waals surface area contributed by atoms with Gasteiger partial charge in [-0.15, -0.1) is 0 Å². The van der Waals surface area contributed by atoms with Crippen LogP contribution in [0.3, 0.4) is 0 Å². The number of nitrogens with zero attached hydrogens (tertiary/aromatic N) is 3. The van der Waals surface area contributed by atoms with Crippen molar-refractivity contribution in [2.24, 2.45) is 0 Å². The summed E-state index contributed by atoms with van der Waals surface area (Å²) in [5, 5.41) is 22.5. The second-order valence-electron chi connectivity index (χ2n) is 2.84. The van der Waals surface area contributed by atoms with Crippen LogP contribution in [0.4, 0.5) is 11.8 Å². The molecule has 0 saturated heterocycles. The molecule has 1 aliphatic rings. The van der Waals surface area contributed by atoms with E-state index in [-0.39, 0.29) is 12.4 Å². The largest absolute Gasteiger partial charge is 0.387 e. The lowest BCUT2D eigenvalue weighted by Crippen LogP contribution is -2.31. The first kappa shape index (κ1) is 7.99. The van der Waals surface area contributed by atoms with Crippen molar-refractivity contribution in [2.45, 2.75) is 12.6 Å². The fraction of sp³-hybridized carbons (Fsp3) is 0.500. The lowest BCUT2D eigenvalue weighted by molar-refractivity contribution is -0.392. The van der Waals surface area contributed by atoms with Gasteiger partial charge in [0.2, 0.25) is 0 Å². The molecule has 1 aromatic rings. The number of nitrogens with one attached hydrogen (secondary N) is 1. The third-order valence-corrected chi connectivity index (χ3v) is 1.91. The van der Waals surface area contributed by atoms with E-state index in [1.54, 1.807) is 0 Å².